The summed E-state index contributed by atoms with van der Waals surface area (Å²) in [6.07, 6.45) is 8.84. The lowest BCUT2D eigenvalue weighted by molar-refractivity contribution is -0.128. The molecule has 0 bridgehead atoms. The maximum absolute atomic E-state index is 12.2. The molecule has 0 spiro atoms. The van der Waals surface area contributed by atoms with Crippen molar-refractivity contribution in [3.05, 3.63) is 41.9 Å². The van der Waals surface area contributed by atoms with Crippen molar-refractivity contribution in [3.8, 4) is 11.3 Å². The molecule has 0 saturated carbocycles. The number of nitrogens with one attached hydrogen (secondary N) is 1. The average molecular weight is 419 g/mol. The third-order valence-electron chi connectivity index (χ3n) is 6.01. The van der Waals surface area contributed by atoms with E-state index in [2.05, 4.69) is 15.3 Å². The maximum atomic E-state index is 12.2. The Bertz CT molecular complexity index is 1080. The number of amides is 2. The minimum absolute atomic E-state index is 0.0360. The number of likely N-dealkylation sites (tertiary alicyclic amines) is 1. The summed E-state index contributed by atoms with van der Waals surface area (Å²) in [6, 6.07) is 7.65. The van der Waals surface area contributed by atoms with Gasteiger partial charge in [-0.1, -0.05) is 12.1 Å². The van der Waals surface area contributed by atoms with E-state index < -0.39 is 0 Å². The number of fused-ring (bicyclic) bond motifs is 2. The van der Waals surface area contributed by atoms with E-state index in [1.54, 1.807) is 4.52 Å². The molecule has 3 aromatic rings. The normalized spacial score (nSPS) is 16.0. The summed E-state index contributed by atoms with van der Waals surface area (Å²) >= 11 is 0. The molecule has 160 valence electrons. The zero-order chi connectivity index (χ0) is 21.2. The van der Waals surface area contributed by atoms with E-state index >= 15 is 0 Å². The molecule has 0 radical (unpaired) electrons. The van der Waals surface area contributed by atoms with E-state index in [0.29, 0.717) is 31.6 Å². The number of imidazole rings is 1. The number of aromatic nitrogens is 4. The Kier molecular flexibility index (Phi) is 5.36. The lowest BCUT2D eigenvalue weighted by Crippen LogP contribution is -2.26. The minimum atomic E-state index is -0.0360. The molecule has 1 saturated heterocycles. The van der Waals surface area contributed by atoms with Crippen LogP contribution in [0.2, 0.25) is 0 Å². The number of carbonyl (C=O) groups excluding carboxylic acids is 2. The minimum Gasteiger partial charge on any atom is -0.343 e. The summed E-state index contributed by atoms with van der Waals surface area (Å²) in [7, 11) is 0. The molecule has 3 heterocycles. The van der Waals surface area contributed by atoms with Gasteiger partial charge in [0.25, 0.3) is 5.78 Å². The van der Waals surface area contributed by atoms with E-state index in [-0.39, 0.29) is 11.8 Å². The zero-order valence-electron chi connectivity index (χ0n) is 17.5. The van der Waals surface area contributed by atoms with Crippen molar-refractivity contribution in [2.45, 2.75) is 51.4 Å². The number of anilines is 1. The second kappa shape index (κ2) is 8.45. The Morgan fingerprint density at radius 2 is 1.81 bits per heavy atom. The van der Waals surface area contributed by atoms with Crippen LogP contribution in [-0.2, 0) is 22.4 Å². The maximum Gasteiger partial charge on any atom is 0.251 e. The van der Waals surface area contributed by atoms with Gasteiger partial charge in [0.15, 0.2) is 0 Å². The number of carbonyl (C=O) groups is 2. The van der Waals surface area contributed by atoms with Crippen LogP contribution in [0.5, 0.6) is 0 Å². The van der Waals surface area contributed by atoms with E-state index in [1.165, 1.54) is 0 Å². The Morgan fingerprint density at radius 1 is 1.00 bits per heavy atom. The van der Waals surface area contributed by atoms with E-state index in [9.17, 15) is 9.59 Å². The first-order valence-corrected chi connectivity index (χ1v) is 11.1. The van der Waals surface area contributed by atoms with Gasteiger partial charge >= 0.3 is 0 Å². The van der Waals surface area contributed by atoms with Crippen LogP contribution in [0.15, 0.2) is 30.5 Å². The molecular weight excluding hydrogens is 392 g/mol. The lowest BCUT2D eigenvalue weighted by atomic mass is 10.0. The molecule has 0 atom stereocenters. The van der Waals surface area contributed by atoms with Gasteiger partial charge in [0, 0.05) is 37.2 Å². The van der Waals surface area contributed by atoms with Gasteiger partial charge in [-0.05, 0) is 50.7 Å². The molecule has 1 aliphatic carbocycles. The van der Waals surface area contributed by atoms with Crippen molar-refractivity contribution in [2.75, 3.05) is 18.4 Å². The molecular formula is C23H26N6O2. The molecule has 1 N–H and O–H groups in total. The molecule has 1 aromatic carbocycles. The lowest BCUT2D eigenvalue weighted by Gasteiger charge is -2.14. The van der Waals surface area contributed by atoms with Gasteiger partial charge in [0.2, 0.25) is 11.8 Å². The summed E-state index contributed by atoms with van der Waals surface area (Å²) < 4.78 is 1.76. The first-order valence-electron chi connectivity index (χ1n) is 11.1. The van der Waals surface area contributed by atoms with Crippen molar-refractivity contribution in [1.82, 2.24) is 24.5 Å². The van der Waals surface area contributed by atoms with Crippen molar-refractivity contribution in [1.29, 1.82) is 0 Å². The smallest absolute Gasteiger partial charge is 0.251 e. The van der Waals surface area contributed by atoms with Gasteiger partial charge in [0.05, 0.1) is 23.3 Å². The van der Waals surface area contributed by atoms with Crippen molar-refractivity contribution in [2.24, 2.45) is 0 Å². The summed E-state index contributed by atoms with van der Waals surface area (Å²) in [5, 5.41) is 7.62. The van der Waals surface area contributed by atoms with Crippen LogP contribution in [0.3, 0.4) is 0 Å². The molecule has 8 heteroatoms. The predicted octanol–water partition coefficient (Wildman–Crippen LogP) is 3.01. The summed E-state index contributed by atoms with van der Waals surface area (Å²) in [6.45, 7) is 1.48. The van der Waals surface area contributed by atoms with Gasteiger partial charge in [-0.15, -0.1) is 0 Å². The van der Waals surface area contributed by atoms with Crippen LogP contribution in [0, 0.1) is 0 Å². The van der Waals surface area contributed by atoms with Crippen molar-refractivity contribution >= 4 is 23.3 Å². The number of aryl methyl sites for hydroxylation is 2. The van der Waals surface area contributed by atoms with E-state index in [0.717, 1.165) is 67.0 Å². The number of hydrogen-bond donors (Lipinski definition) is 1. The standard InChI is InChI=1S/C23H26N6O2/c30-21(7-3-13-28-14-4-8-22(28)31)24-17-11-9-16(10-12-17)20-15-29-23(26-20)25-18-5-1-2-6-19(18)27-29/h9-12,15H,1-8,13-14H2,(H,24,30). The number of rotatable bonds is 6. The SMILES string of the molecule is O=C(CCCN1CCCC1=O)Nc1ccc(-c2cn3nc4c(nc3n2)CCCC4)cc1. The molecule has 1 fully saturated rings. The van der Waals surface area contributed by atoms with Crippen LogP contribution in [0.4, 0.5) is 5.69 Å². The Labute approximate surface area is 180 Å². The fourth-order valence-electron chi connectivity index (χ4n) is 4.32. The van der Waals surface area contributed by atoms with E-state index in [4.69, 9.17) is 5.10 Å². The zero-order valence-corrected chi connectivity index (χ0v) is 17.5. The van der Waals surface area contributed by atoms with Crippen molar-refractivity contribution < 1.29 is 9.59 Å². The van der Waals surface area contributed by atoms with Gasteiger partial charge in [-0.25, -0.2) is 14.5 Å². The van der Waals surface area contributed by atoms with Gasteiger partial charge in [0.1, 0.15) is 0 Å². The first kappa shape index (κ1) is 19.7. The molecule has 5 rings (SSSR count). The molecule has 1 aliphatic heterocycles. The average Bonchev–Trinajstić information content (AvgIpc) is 3.38. The molecule has 0 unspecified atom stereocenters. The summed E-state index contributed by atoms with van der Waals surface area (Å²) in [5.41, 5.74) is 4.67. The van der Waals surface area contributed by atoms with E-state index in [1.807, 2.05) is 35.4 Å². The highest BCUT2D eigenvalue weighted by Crippen LogP contribution is 2.23. The summed E-state index contributed by atoms with van der Waals surface area (Å²) in [4.78, 5) is 35.0. The molecule has 2 amide bonds. The highest BCUT2D eigenvalue weighted by atomic mass is 16.2. The number of nitrogens with zero attached hydrogens (tertiary/aromatic N) is 5. The third kappa shape index (κ3) is 4.28. The van der Waals surface area contributed by atoms with Gasteiger partial charge in [-0.2, -0.15) is 5.10 Å². The van der Waals surface area contributed by atoms with Crippen molar-refractivity contribution in [3.63, 3.8) is 0 Å². The van der Waals surface area contributed by atoms with Crippen LogP contribution in [0.1, 0.15) is 49.9 Å². The number of benzene rings is 1. The molecule has 8 nitrogen and oxygen atoms in total. The summed E-state index contributed by atoms with van der Waals surface area (Å²) in [5.74, 6) is 0.795. The highest BCUT2D eigenvalue weighted by molar-refractivity contribution is 5.91. The highest BCUT2D eigenvalue weighted by Gasteiger charge is 2.19. The Hall–Kier alpha value is -3.29. The van der Waals surface area contributed by atoms with Crippen LogP contribution < -0.4 is 5.32 Å². The molecule has 31 heavy (non-hydrogen) atoms. The fourth-order valence-corrected chi connectivity index (χ4v) is 4.32. The first-order chi connectivity index (χ1) is 15.2. The third-order valence-corrected chi connectivity index (χ3v) is 6.01. The molecule has 2 aliphatic rings. The number of hydrogen-bond acceptors (Lipinski definition) is 5. The second-order valence-electron chi connectivity index (χ2n) is 8.30. The Balaban J connectivity index is 1.20. The fraction of sp³-hybridized carbons (Fsp3) is 0.435. The van der Waals surface area contributed by atoms with Gasteiger partial charge < -0.3 is 10.2 Å². The second-order valence-corrected chi connectivity index (χ2v) is 8.30. The van der Waals surface area contributed by atoms with Crippen LogP contribution >= 0.6 is 0 Å². The largest absolute Gasteiger partial charge is 0.343 e. The monoisotopic (exact) mass is 418 g/mol. The van der Waals surface area contributed by atoms with Gasteiger partial charge in [-0.3, -0.25) is 9.59 Å². The quantitative estimate of drug-likeness (QED) is 0.664. The predicted molar refractivity (Wildman–Crippen MR) is 117 cm³/mol. The van der Waals surface area contributed by atoms with Crippen LogP contribution in [-0.4, -0.2) is 49.4 Å². The Morgan fingerprint density at radius 3 is 2.58 bits per heavy atom. The topological polar surface area (TPSA) is 92.5 Å². The molecule has 2 aromatic heterocycles. The van der Waals surface area contributed by atoms with Crippen LogP contribution in [0.25, 0.3) is 17.0 Å².